The molecule has 0 aromatic rings. The lowest BCUT2D eigenvalue weighted by atomic mass is 9.94. The Labute approximate surface area is 108 Å². The molecule has 100 valence electrons. The van der Waals surface area contributed by atoms with E-state index in [2.05, 4.69) is 0 Å². The maximum absolute atomic E-state index is 12.5. The van der Waals surface area contributed by atoms with Crippen LogP contribution in [0.15, 0.2) is 12.2 Å². The van der Waals surface area contributed by atoms with Crippen molar-refractivity contribution in [3.63, 3.8) is 0 Å². The molecule has 1 aliphatic heterocycles. The second kappa shape index (κ2) is 4.39. The van der Waals surface area contributed by atoms with Gasteiger partial charge in [0.2, 0.25) is 11.8 Å². The van der Waals surface area contributed by atoms with Gasteiger partial charge >= 0.3 is 0 Å². The first-order chi connectivity index (χ1) is 8.34. The predicted molar refractivity (Wildman–Crippen MR) is 68.7 cm³/mol. The van der Waals surface area contributed by atoms with E-state index in [1.807, 2.05) is 26.0 Å². The van der Waals surface area contributed by atoms with Crippen LogP contribution < -0.4 is 5.73 Å². The topological polar surface area (TPSA) is 66.6 Å². The molecule has 1 aliphatic carbocycles. The third-order valence-corrected chi connectivity index (χ3v) is 3.90. The van der Waals surface area contributed by atoms with Crippen LogP contribution in [0, 0.1) is 5.92 Å². The van der Waals surface area contributed by atoms with E-state index in [4.69, 9.17) is 5.73 Å². The number of nitrogens with zero attached hydrogens (tertiary/aromatic N) is 2. The summed E-state index contributed by atoms with van der Waals surface area (Å²) < 4.78 is 0. The Balaban J connectivity index is 2.15. The Hall–Kier alpha value is -1.36. The van der Waals surface area contributed by atoms with Crippen molar-refractivity contribution >= 4 is 11.8 Å². The largest absolute Gasteiger partial charge is 0.342 e. The minimum atomic E-state index is -0.759. The Kier molecular flexibility index (Phi) is 3.19. The van der Waals surface area contributed by atoms with Crippen LogP contribution >= 0.6 is 0 Å². The van der Waals surface area contributed by atoms with E-state index < -0.39 is 5.54 Å². The quantitative estimate of drug-likeness (QED) is 0.665. The molecule has 5 heteroatoms. The lowest BCUT2D eigenvalue weighted by Gasteiger charge is -2.45. The van der Waals surface area contributed by atoms with Crippen molar-refractivity contribution in [1.82, 2.24) is 9.80 Å². The molecule has 0 bridgehead atoms. The number of carbonyl (C=O) groups is 2. The zero-order valence-corrected chi connectivity index (χ0v) is 11.2. The maximum Gasteiger partial charge on any atom is 0.247 e. The second-order valence-electron chi connectivity index (χ2n) is 5.67. The summed E-state index contributed by atoms with van der Waals surface area (Å²) in [6.07, 6.45) is 4.38. The maximum atomic E-state index is 12.5. The summed E-state index contributed by atoms with van der Waals surface area (Å²) in [5.41, 5.74) is 5.02. The Bertz CT molecular complexity index is 403. The molecule has 0 saturated carbocycles. The molecule has 1 fully saturated rings. The molecular weight excluding hydrogens is 230 g/mol. The zero-order chi connectivity index (χ0) is 13.5. The molecule has 18 heavy (non-hydrogen) atoms. The predicted octanol–water partition coefficient (Wildman–Crippen LogP) is -0.0310. The lowest BCUT2D eigenvalue weighted by molar-refractivity contribution is -0.158. The van der Waals surface area contributed by atoms with Gasteiger partial charge < -0.3 is 15.5 Å². The molecule has 0 aromatic heterocycles. The van der Waals surface area contributed by atoms with Gasteiger partial charge in [0.25, 0.3) is 0 Å². The molecule has 2 rings (SSSR count). The van der Waals surface area contributed by atoms with Crippen LogP contribution in [-0.2, 0) is 9.59 Å². The first kappa shape index (κ1) is 13.1. The summed E-state index contributed by atoms with van der Waals surface area (Å²) in [5.74, 6) is -0.158. The third kappa shape index (κ3) is 2.03. The molecule has 0 spiro atoms. The molecule has 0 aromatic carbocycles. The Morgan fingerprint density at radius 1 is 1.39 bits per heavy atom. The normalized spacial score (nSPS) is 31.0. The number of nitrogens with two attached hydrogens (primary N) is 1. The van der Waals surface area contributed by atoms with Crippen molar-refractivity contribution in [2.45, 2.75) is 31.8 Å². The van der Waals surface area contributed by atoms with Gasteiger partial charge in [-0.15, -0.1) is 0 Å². The summed E-state index contributed by atoms with van der Waals surface area (Å²) in [7, 11) is 1.78. The van der Waals surface area contributed by atoms with Crippen LogP contribution in [0.5, 0.6) is 0 Å². The zero-order valence-electron chi connectivity index (χ0n) is 11.2. The molecule has 5 nitrogen and oxygen atoms in total. The molecule has 2 aliphatic rings. The van der Waals surface area contributed by atoms with Gasteiger partial charge in [-0.25, -0.2) is 0 Å². The van der Waals surface area contributed by atoms with E-state index >= 15 is 0 Å². The van der Waals surface area contributed by atoms with E-state index in [0.717, 1.165) is 0 Å². The van der Waals surface area contributed by atoms with Crippen LogP contribution in [-0.4, -0.2) is 53.3 Å². The summed E-state index contributed by atoms with van der Waals surface area (Å²) in [6, 6.07) is -0.0368. The van der Waals surface area contributed by atoms with Gasteiger partial charge in [-0.05, 0) is 20.3 Å². The second-order valence-corrected chi connectivity index (χ2v) is 5.67. The summed E-state index contributed by atoms with van der Waals surface area (Å²) in [6.45, 7) is 4.80. The monoisotopic (exact) mass is 251 g/mol. The van der Waals surface area contributed by atoms with Gasteiger partial charge in [-0.1, -0.05) is 12.2 Å². The molecule has 0 radical (unpaired) electrons. The van der Waals surface area contributed by atoms with Gasteiger partial charge in [0, 0.05) is 26.2 Å². The number of amides is 2. The smallest absolute Gasteiger partial charge is 0.247 e. The minimum absolute atomic E-state index is 0.00613. The average molecular weight is 251 g/mol. The molecule has 2 amide bonds. The Morgan fingerprint density at radius 2 is 2.06 bits per heavy atom. The highest BCUT2D eigenvalue weighted by Crippen LogP contribution is 2.27. The average Bonchev–Trinajstić information content (AvgIpc) is 2.72. The van der Waals surface area contributed by atoms with Crippen molar-refractivity contribution in [3.8, 4) is 0 Å². The van der Waals surface area contributed by atoms with Crippen molar-refractivity contribution in [2.75, 3.05) is 20.1 Å². The van der Waals surface area contributed by atoms with E-state index in [-0.39, 0.29) is 23.8 Å². The van der Waals surface area contributed by atoms with Crippen molar-refractivity contribution < 1.29 is 9.59 Å². The first-order valence-electron chi connectivity index (χ1n) is 6.35. The van der Waals surface area contributed by atoms with Gasteiger partial charge in [-0.2, -0.15) is 0 Å². The molecule has 1 heterocycles. The summed E-state index contributed by atoms with van der Waals surface area (Å²) in [5, 5.41) is 0. The van der Waals surface area contributed by atoms with E-state index in [1.165, 1.54) is 0 Å². The van der Waals surface area contributed by atoms with Crippen LogP contribution in [0.25, 0.3) is 0 Å². The fourth-order valence-electron chi connectivity index (χ4n) is 2.71. The highest BCUT2D eigenvalue weighted by molar-refractivity contribution is 5.93. The highest BCUT2D eigenvalue weighted by atomic mass is 16.2. The van der Waals surface area contributed by atoms with Gasteiger partial charge in [-0.3, -0.25) is 9.59 Å². The number of likely N-dealkylation sites (N-methyl/N-ethyl adjacent to an activating group) is 1. The van der Waals surface area contributed by atoms with Crippen LogP contribution in [0.1, 0.15) is 20.3 Å². The molecule has 1 saturated heterocycles. The number of carbonyl (C=O) groups excluding carboxylic acids is 2. The Morgan fingerprint density at radius 3 is 2.61 bits per heavy atom. The molecule has 2 unspecified atom stereocenters. The number of piperazine rings is 1. The number of rotatable bonds is 1. The van der Waals surface area contributed by atoms with Crippen molar-refractivity contribution in [2.24, 2.45) is 11.7 Å². The van der Waals surface area contributed by atoms with Crippen molar-refractivity contribution in [1.29, 1.82) is 0 Å². The first-order valence-corrected chi connectivity index (χ1v) is 6.35. The molecule has 2 atom stereocenters. The van der Waals surface area contributed by atoms with Crippen molar-refractivity contribution in [3.05, 3.63) is 12.2 Å². The number of hydrogen-bond donors (Lipinski definition) is 1. The van der Waals surface area contributed by atoms with Crippen LogP contribution in [0.3, 0.4) is 0 Å². The van der Waals surface area contributed by atoms with Gasteiger partial charge in [0.05, 0.1) is 5.92 Å². The summed E-state index contributed by atoms with van der Waals surface area (Å²) in [4.78, 5) is 28.0. The minimum Gasteiger partial charge on any atom is -0.342 e. The van der Waals surface area contributed by atoms with E-state index in [9.17, 15) is 9.59 Å². The van der Waals surface area contributed by atoms with E-state index in [0.29, 0.717) is 19.5 Å². The SMILES string of the molecule is CN1CCN(C(=O)C2C=CC(N)C2)C(C)(C)C1=O. The lowest BCUT2D eigenvalue weighted by Crippen LogP contribution is -2.64. The molecular formula is C13H21N3O2. The fourth-order valence-corrected chi connectivity index (χ4v) is 2.71. The fraction of sp³-hybridized carbons (Fsp3) is 0.692. The number of hydrogen-bond acceptors (Lipinski definition) is 3. The van der Waals surface area contributed by atoms with E-state index in [1.54, 1.807) is 16.8 Å². The summed E-state index contributed by atoms with van der Waals surface area (Å²) >= 11 is 0. The molecule has 2 N–H and O–H groups in total. The standard InChI is InChI=1S/C13H21N3O2/c1-13(2)12(18)15(3)6-7-16(13)11(17)9-4-5-10(14)8-9/h4-5,9-10H,6-8,14H2,1-3H3. The highest BCUT2D eigenvalue weighted by Gasteiger charge is 2.44. The third-order valence-electron chi connectivity index (χ3n) is 3.90. The van der Waals surface area contributed by atoms with Crippen LogP contribution in [0.2, 0.25) is 0 Å². The van der Waals surface area contributed by atoms with Crippen LogP contribution in [0.4, 0.5) is 0 Å². The van der Waals surface area contributed by atoms with Gasteiger partial charge in [0.1, 0.15) is 5.54 Å². The van der Waals surface area contributed by atoms with Gasteiger partial charge in [0.15, 0.2) is 0 Å².